The van der Waals surface area contributed by atoms with Crippen molar-refractivity contribution in [3.8, 4) is 0 Å². The van der Waals surface area contributed by atoms with E-state index in [0.717, 1.165) is 30.4 Å². The molecule has 0 aromatic rings. The number of unbranched alkanes of at least 4 members (excludes halogenated alkanes) is 1. The number of carbonyl (C=O) groups excluding carboxylic acids is 1. The summed E-state index contributed by atoms with van der Waals surface area (Å²) >= 11 is 0. The second-order valence-corrected chi connectivity index (χ2v) is 3.30. The van der Waals surface area contributed by atoms with Crippen LogP contribution in [0, 0.1) is 0 Å². The maximum Gasteiger partial charge on any atom is 0.333 e. The van der Waals surface area contributed by atoms with Crippen molar-refractivity contribution in [2.24, 2.45) is 0 Å². The van der Waals surface area contributed by atoms with E-state index >= 15 is 0 Å². The average molecular weight is 184 g/mol. The van der Waals surface area contributed by atoms with Gasteiger partial charge < -0.3 is 4.74 Å². The van der Waals surface area contributed by atoms with Gasteiger partial charge in [-0.1, -0.05) is 18.9 Å². The average Bonchev–Trinajstić information content (AvgIpc) is 2.05. The quantitative estimate of drug-likeness (QED) is 0.485. The molecule has 0 bridgehead atoms. The first-order valence-corrected chi connectivity index (χ1v) is 4.96. The first-order valence-electron chi connectivity index (χ1n) is 4.96. The van der Waals surface area contributed by atoms with E-state index in [1.54, 1.807) is 0 Å². The van der Waals surface area contributed by atoms with E-state index in [4.69, 9.17) is 4.74 Å². The predicted octanol–water partition coefficient (Wildman–Crippen LogP) is 3.08. The van der Waals surface area contributed by atoms with Gasteiger partial charge in [0.2, 0.25) is 0 Å². The highest BCUT2D eigenvalue weighted by Gasteiger charge is 2.10. The van der Waals surface area contributed by atoms with Gasteiger partial charge in [0.05, 0.1) is 6.61 Å². The van der Waals surface area contributed by atoms with Gasteiger partial charge in [-0.3, -0.25) is 0 Å². The minimum absolute atomic E-state index is 0.143. The van der Waals surface area contributed by atoms with Crippen molar-refractivity contribution >= 4 is 5.97 Å². The molecule has 0 aromatic carbocycles. The normalized spacial score (nSPS) is 9.54. The minimum Gasteiger partial charge on any atom is -0.463 e. The molecule has 0 aliphatic carbocycles. The Balaban J connectivity index is 4.27. The summed E-state index contributed by atoms with van der Waals surface area (Å²) in [7, 11) is 0. The van der Waals surface area contributed by atoms with E-state index in [-0.39, 0.29) is 5.97 Å². The molecule has 0 atom stereocenters. The lowest BCUT2D eigenvalue weighted by Crippen LogP contribution is -2.09. The lowest BCUT2D eigenvalue weighted by Gasteiger charge is -2.07. The Morgan fingerprint density at radius 2 is 1.85 bits per heavy atom. The van der Waals surface area contributed by atoms with E-state index in [1.807, 2.05) is 20.8 Å². The van der Waals surface area contributed by atoms with Gasteiger partial charge in [-0.2, -0.15) is 0 Å². The fourth-order valence-corrected chi connectivity index (χ4v) is 1.13. The Morgan fingerprint density at radius 3 is 2.23 bits per heavy atom. The van der Waals surface area contributed by atoms with Gasteiger partial charge in [-0.15, -0.1) is 0 Å². The highest BCUT2D eigenvalue weighted by Crippen LogP contribution is 2.13. The Bertz CT molecular complexity index is 188. The van der Waals surface area contributed by atoms with E-state index in [2.05, 4.69) is 6.92 Å². The van der Waals surface area contributed by atoms with Crippen LogP contribution in [0.25, 0.3) is 0 Å². The Morgan fingerprint density at radius 1 is 1.23 bits per heavy atom. The van der Waals surface area contributed by atoms with Crippen LogP contribution in [-0.4, -0.2) is 12.6 Å². The summed E-state index contributed by atoms with van der Waals surface area (Å²) in [6, 6.07) is 0. The number of allylic oxidation sites excluding steroid dienone is 1. The highest BCUT2D eigenvalue weighted by molar-refractivity contribution is 5.89. The van der Waals surface area contributed by atoms with Crippen LogP contribution in [0.1, 0.15) is 47.0 Å². The van der Waals surface area contributed by atoms with Gasteiger partial charge in [0, 0.05) is 5.57 Å². The molecule has 2 nitrogen and oxygen atoms in total. The summed E-state index contributed by atoms with van der Waals surface area (Å²) < 4.78 is 4.97. The third-order valence-electron chi connectivity index (χ3n) is 1.91. The molecule has 0 N–H and O–H groups in total. The lowest BCUT2D eigenvalue weighted by atomic mass is 10.0. The molecule has 0 fully saturated rings. The number of esters is 1. The number of hydrogen-bond acceptors (Lipinski definition) is 2. The molecule has 76 valence electrons. The first-order chi connectivity index (χ1) is 6.13. The molecule has 0 saturated carbocycles. The van der Waals surface area contributed by atoms with Crippen LogP contribution < -0.4 is 0 Å². The number of carbonyl (C=O) groups is 1. The topological polar surface area (TPSA) is 26.3 Å². The number of ether oxygens (including phenoxy) is 1. The third kappa shape index (κ3) is 4.71. The van der Waals surface area contributed by atoms with Gasteiger partial charge in [0.25, 0.3) is 0 Å². The van der Waals surface area contributed by atoms with Gasteiger partial charge in [0.15, 0.2) is 0 Å². The van der Waals surface area contributed by atoms with Gasteiger partial charge in [-0.25, -0.2) is 4.79 Å². The first kappa shape index (κ1) is 12.2. The molecule has 0 radical (unpaired) electrons. The minimum atomic E-state index is -0.143. The summed E-state index contributed by atoms with van der Waals surface area (Å²) in [5, 5.41) is 0. The molecular formula is C11H20O2. The molecule has 0 aliphatic rings. The van der Waals surface area contributed by atoms with Crippen molar-refractivity contribution in [1.82, 2.24) is 0 Å². The SMILES string of the molecule is CCCCC(C(=O)OCC)=C(C)C. The molecule has 13 heavy (non-hydrogen) atoms. The maximum atomic E-state index is 11.4. The standard InChI is InChI=1S/C11H20O2/c1-5-7-8-10(9(3)4)11(12)13-6-2/h5-8H2,1-4H3. The number of hydrogen-bond donors (Lipinski definition) is 0. The lowest BCUT2D eigenvalue weighted by molar-refractivity contribution is -0.138. The molecule has 2 heteroatoms. The van der Waals surface area contributed by atoms with Gasteiger partial charge in [-0.05, 0) is 33.6 Å². The van der Waals surface area contributed by atoms with Crippen LogP contribution in [0.5, 0.6) is 0 Å². The van der Waals surface area contributed by atoms with Crippen molar-refractivity contribution in [3.05, 3.63) is 11.1 Å². The van der Waals surface area contributed by atoms with Crippen LogP contribution in [0.2, 0.25) is 0 Å². The van der Waals surface area contributed by atoms with E-state index in [1.165, 1.54) is 0 Å². The fourth-order valence-electron chi connectivity index (χ4n) is 1.13. The molecule has 0 aromatic heterocycles. The number of rotatable bonds is 5. The summed E-state index contributed by atoms with van der Waals surface area (Å²) in [5.74, 6) is -0.143. The summed E-state index contributed by atoms with van der Waals surface area (Å²) in [6.45, 7) is 8.33. The van der Waals surface area contributed by atoms with Crippen LogP contribution in [0.4, 0.5) is 0 Å². The zero-order valence-electron chi connectivity index (χ0n) is 9.14. The van der Waals surface area contributed by atoms with Crippen molar-refractivity contribution in [3.63, 3.8) is 0 Å². The Labute approximate surface area is 81.0 Å². The second-order valence-electron chi connectivity index (χ2n) is 3.30. The fraction of sp³-hybridized carbons (Fsp3) is 0.727. The zero-order chi connectivity index (χ0) is 10.3. The molecule has 0 rings (SSSR count). The smallest absolute Gasteiger partial charge is 0.333 e. The molecule has 0 heterocycles. The van der Waals surface area contributed by atoms with Crippen LogP contribution in [0.15, 0.2) is 11.1 Å². The van der Waals surface area contributed by atoms with Crippen molar-refractivity contribution in [1.29, 1.82) is 0 Å². The van der Waals surface area contributed by atoms with Crippen molar-refractivity contribution in [2.75, 3.05) is 6.61 Å². The maximum absolute atomic E-state index is 11.4. The Hall–Kier alpha value is -0.790. The monoisotopic (exact) mass is 184 g/mol. The highest BCUT2D eigenvalue weighted by atomic mass is 16.5. The van der Waals surface area contributed by atoms with Crippen LogP contribution in [0.3, 0.4) is 0 Å². The summed E-state index contributed by atoms with van der Waals surface area (Å²) in [4.78, 5) is 11.4. The second kappa shape index (κ2) is 6.70. The molecular weight excluding hydrogens is 164 g/mol. The van der Waals surface area contributed by atoms with Crippen LogP contribution >= 0.6 is 0 Å². The largest absolute Gasteiger partial charge is 0.463 e. The molecule has 0 aliphatic heterocycles. The van der Waals surface area contributed by atoms with E-state index < -0.39 is 0 Å². The van der Waals surface area contributed by atoms with Crippen molar-refractivity contribution in [2.45, 2.75) is 47.0 Å². The van der Waals surface area contributed by atoms with E-state index in [0.29, 0.717) is 6.61 Å². The third-order valence-corrected chi connectivity index (χ3v) is 1.91. The molecule has 0 spiro atoms. The summed E-state index contributed by atoms with van der Waals surface area (Å²) in [5.41, 5.74) is 1.93. The van der Waals surface area contributed by atoms with Gasteiger partial charge >= 0.3 is 5.97 Å². The predicted molar refractivity (Wildman–Crippen MR) is 54.5 cm³/mol. The van der Waals surface area contributed by atoms with Crippen LogP contribution in [-0.2, 0) is 9.53 Å². The van der Waals surface area contributed by atoms with Gasteiger partial charge in [0.1, 0.15) is 0 Å². The molecule has 0 saturated heterocycles. The summed E-state index contributed by atoms with van der Waals surface area (Å²) in [6.07, 6.45) is 3.01. The van der Waals surface area contributed by atoms with E-state index in [9.17, 15) is 4.79 Å². The zero-order valence-corrected chi connectivity index (χ0v) is 9.14. The van der Waals surface area contributed by atoms with Crippen molar-refractivity contribution < 1.29 is 9.53 Å². The molecule has 0 unspecified atom stereocenters. The Kier molecular flexibility index (Phi) is 6.29. The molecule has 0 amide bonds.